The molecule has 2 saturated carbocycles. The van der Waals surface area contributed by atoms with Crippen LogP contribution in [0, 0.1) is 35.1 Å². The number of carbonyl (C=O) groups is 2. The lowest BCUT2D eigenvalue weighted by atomic mass is 9.94. The average Bonchev–Trinajstić information content (AvgIpc) is 3.20. The second-order valence-corrected chi connectivity index (χ2v) is 21.7. The van der Waals surface area contributed by atoms with Crippen LogP contribution < -0.4 is 9.47 Å². The van der Waals surface area contributed by atoms with Crippen LogP contribution in [-0.2, 0) is 34.0 Å². The first-order valence-electron chi connectivity index (χ1n) is 21.4. The van der Waals surface area contributed by atoms with Crippen molar-refractivity contribution in [2.24, 2.45) is 11.8 Å². The molecule has 0 aliphatic heterocycles. The molecule has 10 nitrogen and oxygen atoms in total. The van der Waals surface area contributed by atoms with E-state index >= 15 is 0 Å². The van der Waals surface area contributed by atoms with E-state index in [1.54, 1.807) is 0 Å². The van der Waals surface area contributed by atoms with Gasteiger partial charge in [0.15, 0.2) is 54.4 Å². The third kappa shape index (κ3) is 17.0. The lowest BCUT2D eigenvalue weighted by Crippen LogP contribution is -2.32. The molecule has 2 aliphatic rings. The topological polar surface area (TPSA) is 150 Å². The molecule has 356 valence electrons. The van der Waals surface area contributed by atoms with Gasteiger partial charge in [0.2, 0.25) is 5.24 Å². The number of hydrogen-bond acceptors (Lipinski definition) is 10. The monoisotopic (exact) mass is 968 g/mol. The van der Waals surface area contributed by atoms with E-state index in [2.05, 4.69) is 0 Å². The fourth-order valence-electron chi connectivity index (χ4n) is 7.23. The molecule has 0 radical (unpaired) electrons. The maximum atomic E-state index is 14.7. The highest BCUT2D eigenvalue weighted by atomic mass is 35.5. The van der Waals surface area contributed by atoms with Gasteiger partial charge in [0.25, 0.3) is 0 Å². The molecule has 1 N–H and O–H groups in total. The molecular weight excluding hydrogens is 912 g/mol. The minimum absolute atomic E-state index is 0.128. The fourth-order valence-corrected chi connectivity index (χ4v) is 8.80. The van der Waals surface area contributed by atoms with Crippen molar-refractivity contribution in [2.45, 2.75) is 126 Å². The predicted molar refractivity (Wildman–Crippen MR) is 241 cm³/mol. The molecular formula is C48H57ClF4O10S2. The molecule has 0 bridgehead atoms. The standard InChI is InChI=1S/C24H28F2O5S.C19H20F2O4S.C5H9ClO/c1-15(2)11-23(27)30-18-5-4-6-19(14-18)31-24-21(25)12-17(13-22(24)26)16-7-9-20(10-8-16)32(3,28)29;1-26(23,24)16-7-5-12(6-8-16)13-9-17(20)19(18(21)10-13)25-15-4-2-3-14(22)11-15;1-4(2)3-5(6)7/h7-10,12-13,15,18-19H,4-6,11,14H2,1-3H3;5-10,14-15,22H,2-4,11H2,1H3;4H,3H2,1-2H3. The summed E-state index contributed by atoms with van der Waals surface area (Å²) in [6.07, 6.45) is 6.17. The molecule has 2 aliphatic carbocycles. The second kappa shape index (κ2) is 23.8. The zero-order chi connectivity index (χ0) is 48.2. The Labute approximate surface area is 384 Å². The highest BCUT2D eigenvalue weighted by Gasteiger charge is 2.29. The quantitative estimate of drug-likeness (QED) is 0.0779. The van der Waals surface area contributed by atoms with Crippen LogP contribution in [0.15, 0.2) is 82.6 Å². The summed E-state index contributed by atoms with van der Waals surface area (Å²) in [7, 11) is -6.69. The van der Waals surface area contributed by atoms with Gasteiger partial charge < -0.3 is 19.3 Å². The van der Waals surface area contributed by atoms with Crippen molar-refractivity contribution in [3.63, 3.8) is 0 Å². The van der Waals surface area contributed by atoms with E-state index in [-0.39, 0.29) is 44.2 Å². The van der Waals surface area contributed by atoms with Gasteiger partial charge in [-0.3, -0.25) is 9.59 Å². The van der Waals surface area contributed by atoms with Crippen molar-refractivity contribution in [1.82, 2.24) is 0 Å². The van der Waals surface area contributed by atoms with Gasteiger partial charge in [-0.15, -0.1) is 0 Å². The number of halogens is 5. The lowest BCUT2D eigenvalue weighted by Gasteiger charge is -2.29. The lowest BCUT2D eigenvalue weighted by molar-refractivity contribution is -0.152. The van der Waals surface area contributed by atoms with Crippen LogP contribution in [0.1, 0.15) is 91.9 Å². The van der Waals surface area contributed by atoms with E-state index in [1.165, 1.54) is 48.5 Å². The number of aliphatic hydroxyl groups excluding tert-OH is 1. The molecule has 0 amide bonds. The zero-order valence-electron chi connectivity index (χ0n) is 37.3. The number of ether oxygens (including phenoxy) is 3. The van der Waals surface area contributed by atoms with Crippen molar-refractivity contribution >= 4 is 42.5 Å². The smallest absolute Gasteiger partial charge is 0.306 e. The summed E-state index contributed by atoms with van der Waals surface area (Å²) in [4.78, 5) is 22.2. The van der Waals surface area contributed by atoms with Crippen LogP contribution in [-0.4, -0.2) is 70.1 Å². The van der Waals surface area contributed by atoms with Crippen LogP contribution in [0.2, 0.25) is 0 Å². The Morgan fingerprint density at radius 2 is 0.969 bits per heavy atom. The number of aliphatic hydroxyl groups is 1. The number of esters is 1. The van der Waals surface area contributed by atoms with Gasteiger partial charge in [0, 0.05) is 38.2 Å². The zero-order valence-corrected chi connectivity index (χ0v) is 39.7. The molecule has 4 atom stereocenters. The number of carbonyl (C=O) groups excluding carboxylic acids is 2. The van der Waals surface area contributed by atoms with Gasteiger partial charge in [0.05, 0.1) is 15.9 Å². The van der Waals surface area contributed by atoms with E-state index in [4.69, 9.17) is 25.8 Å². The molecule has 0 aromatic heterocycles. The largest absolute Gasteiger partial charge is 0.484 e. The first kappa shape index (κ1) is 53.1. The van der Waals surface area contributed by atoms with Crippen molar-refractivity contribution in [3.8, 4) is 33.8 Å². The molecule has 65 heavy (non-hydrogen) atoms. The van der Waals surface area contributed by atoms with E-state index < -0.39 is 72.8 Å². The third-order valence-corrected chi connectivity index (χ3v) is 12.8. The van der Waals surface area contributed by atoms with Gasteiger partial charge in [-0.25, -0.2) is 34.4 Å². The maximum Gasteiger partial charge on any atom is 0.306 e. The molecule has 0 saturated heterocycles. The van der Waals surface area contributed by atoms with E-state index in [0.29, 0.717) is 68.4 Å². The Kier molecular flexibility index (Phi) is 19.4. The minimum Gasteiger partial charge on any atom is -0.484 e. The summed E-state index contributed by atoms with van der Waals surface area (Å²) in [6, 6.07) is 16.2. The Morgan fingerprint density at radius 3 is 1.31 bits per heavy atom. The Bertz CT molecular complexity index is 2420. The maximum absolute atomic E-state index is 14.7. The van der Waals surface area contributed by atoms with Crippen molar-refractivity contribution in [3.05, 3.63) is 96.1 Å². The first-order chi connectivity index (χ1) is 30.4. The van der Waals surface area contributed by atoms with Crippen LogP contribution in [0.4, 0.5) is 17.6 Å². The Balaban J connectivity index is 0.000000252. The van der Waals surface area contributed by atoms with Crippen LogP contribution >= 0.6 is 11.6 Å². The molecule has 4 aromatic carbocycles. The molecule has 2 fully saturated rings. The summed E-state index contributed by atoms with van der Waals surface area (Å²) in [5.74, 6) is -3.92. The summed E-state index contributed by atoms with van der Waals surface area (Å²) >= 11 is 5.03. The summed E-state index contributed by atoms with van der Waals surface area (Å²) in [6.45, 7) is 7.78. The van der Waals surface area contributed by atoms with Crippen molar-refractivity contribution in [2.75, 3.05) is 12.5 Å². The summed E-state index contributed by atoms with van der Waals surface area (Å²) in [5.41, 5.74) is 1.54. The van der Waals surface area contributed by atoms with Crippen LogP contribution in [0.5, 0.6) is 11.5 Å². The summed E-state index contributed by atoms with van der Waals surface area (Å²) in [5, 5.41) is 9.42. The molecule has 0 spiro atoms. The van der Waals surface area contributed by atoms with Crippen LogP contribution in [0.3, 0.4) is 0 Å². The second-order valence-electron chi connectivity index (χ2n) is 17.3. The molecule has 0 heterocycles. The minimum atomic E-state index is -3.36. The Morgan fingerprint density at radius 1 is 0.600 bits per heavy atom. The predicted octanol–water partition coefficient (Wildman–Crippen LogP) is 10.8. The molecule has 4 unspecified atom stereocenters. The van der Waals surface area contributed by atoms with Gasteiger partial charge in [-0.1, -0.05) is 52.0 Å². The number of rotatable bonds is 13. The number of sulfone groups is 2. The van der Waals surface area contributed by atoms with E-state index in [9.17, 15) is 49.1 Å². The van der Waals surface area contributed by atoms with Crippen molar-refractivity contribution < 1.29 is 63.3 Å². The fraction of sp³-hybridized carbons (Fsp3) is 0.458. The SMILES string of the molecule is CC(C)CC(=O)Cl.CC(C)CC(=O)OC1CCCC(Oc2c(F)cc(-c3ccc(S(C)(=O)=O)cc3)cc2F)C1.CS(=O)(=O)c1ccc(-c2cc(F)c(OC3CCCC(O)C3)c(F)c2)cc1. The third-order valence-electron chi connectivity index (χ3n) is 10.4. The number of benzene rings is 4. The van der Waals surface area contributed by atoms with Crippen molar-refractivity contribution in [1.29, 1.82) is 0 Å². The highest BCUT2D eigenvalue weighted by Crippen LogP contribution is 2.35. The van der Waals surface area contributed by atoms with E-state index in [1.807, 2.05) is 27.7 Å². The van der Waals surface area contributed by atoms with Crippen LogP contribution in [0.25, 0.3) is 22.3 Å². The summed E-state index contributed by atoms with van der Waals surface area (Å²) < 4.78 is 121. The Hall–Kier alpha value is -4.51. The average molecular weight is 970 g/mol. The normalized spacial score (nSPS) is 18.7. The van der Waals surface area contributed by atoms with Gasteiger partial charge in [0.1, 0.15) is 18.3 Å². The van der Waals surface area contributed by atoms with Gasteiger partial charge >= 0.3 is 5.97 Å². The molecule has 6 rings (SSSR count). The van der Waals surface area contributed by atoms with E-state index in [0.717, 1.165) is 49.6 Å². The van der Waals surface area contributed by atoms with Gasteiger partial charge in [-0.2, -0.15) is 0 Å². The number of hydrogen-bond donors (Lipinski definition) is 1. The molecule has 4 aromatic rings. The highest BCUT2D eigenvalue weighted by molar-refractivity contribution is 7.91. The van der Waals surface area contributed by atoms with Gasteiger partial charge in [-0.05, 0) is 133 Å². The first-order valence-corrected chi connectivity index (χ1v) is 25.5. The molecule has 17 heteroatoms.